The second-order valence-corrected chi connectivity index (χ2v) is 6.43. The van der Waals surface area contributed by atoms with E-state index in [4.69, 9.17) is 0 Å². The fourth-order valence-corrected chi connectivity index (χ4v) is 2.49. The summed E-state index contributed by atoms with van der Waals surface area (Å²) in [6.07, 6.45) is 20.0. The van der Waals surface area contributed by atoms with Crippen LogP contribution in [0.2, 0.25) is 0 Å². The van der Waals surface area contributed by atoms with Crippen LogP contribution < -0.4 is 0 Å². The van der Waals surface area contributed by atoms with Crippen molar-refractivity contribution in [3.8, 4) is 34.9 Å². The first-order valence-corrected chi connectivity index (χ1v) is 10.5. The summed E-state index contributed by atoms with van der Waals surface area (Å²) >= 11 is 0. The summed E-state index contributed by atoms with van der Waals surface area (Å²) in [5.41, 5.74) is 0. The van der Waals surface area contributed by atoms with Gasteiger partial charge < -0.3 is 0 Å². The minimum atomic E-state index is 0. The Morgan fingerprint density at radius 1 is 0.216 bits per heavy atom. The van der Waals surface area contributed by atoms with Gasteiger partial charge in [0.1, 0.15) is 0 Å². The van der Waals surface area contributed by atoms with Crippen LogP contribution in [0.3, 0.4) is 0 Å². The number of hydrogen-bond donors (Lipinski definition) is 0. The first kappa shape index (κ1) is 26.7. The Labute approximate surface area is 224 Å². The standard InChI is InChI=1S/3C8H6N4.Ru/c3*1-3-9-7(10-4-1)8-11-5-2-6-12-8;/h3*1-6H;/q;;;+2. The van der Waals surface area contributed by atoms with Crippen molar-refractivity contribution in [1.82, 2.24) is 59.8 Å². The van der Waals surface area contributed by atoms with Crippen molar-refractivity contribution in [1.29, 1.82) is 0 Å². The van der Waals surface area contributed by atoms with Gasteiger partial charge in [0.25, 0.3) is 0 Å². The molecule has 0 amide bonds. The van der Waals surface area contributed by atoms with E-state index in [0.29, 0.717) is 34.9 Å². The zero-order chi connectivity index (χ0) is 24.7. The molecule has 6 aromatic heterocycles. The van der Waals surface area contributed by atoms with Crippen LogP contribution in [0, 0.1) is 0 Å². The molecule has 0 bridgehead atoms. The van der Waals surface area contributed by atoms with E-state index in [1.165, 1.54) is 0 Å². The van der Waals surface area contributed by atoms with Gasteiger partial charge in [0.05, 0.1) is 0 Å². The smallest absolute Gasteiger partial charge is 0.234 e. The summed E-state index contributed by atoms with van der Waals surface area (Å²) in [4.78, 5) is 48.2. The summed E-state index contributed by atoms with van der Waals surface area (Å²) < 4.78 is 0. The van der Waals surface area contributed by atoms with Gasteiger partial charge in [0.2, 0.25) is 0 Å². The van der Waals surface area contributed by atoms with Crippen LogP contribution in [0.5, 0.6) is 0 Å². The maximum absolute atomic E-state index is 4.01. The van der Waals surface area contributed by atoms with Crippen LogP contribution in [-0.4, -0.2) is 59.8 Å². The molecule has 180 valence electrons. The zero-order valence-electron chi connectivity index (χ0n) is 19.1. The monoisotopic (exact) mass is 576 g/mol. The fraction of sp³-hybridized carbons (Fsp3) is 0. The molecular formula is C24H18N12Ru+2. The molecule has 0 radical (unpaired) electrons. The molecule has 0 saturated carbocycles. The normalized spacial score (nSPS) is 9.41. The molecular weight excluding hydrogens is 557 g/mol. The first-order chi connectivity index (χ1) is 17.9. The van der Waals surface area contributed by atoms with Crippen molar-refractivity contribution in [2.24, 2.45) is 0 Å². The first-order valence-electron chi connectivity index (χ1n) is 10.5. The summed E-state index contributed by atoms with van der Waals surface area (Å²) in [5, 5.41) is 0. The van der Waals surface area contributed by atoms with E-state index in [-0.39, 0.29) is 19.5 Å². The summed E-state index contributed by atoms with van der Waals surface area (Å²) in [7, 11) is 0. The van der Waals surface area contributed by atoms with Crippen molar-refractivity contribution in [2.45, 2.75) is 0 Å². The Kier molecular flexibility index (Phi) is 10.9. The van der Waals surface area contributed by atoms with E-state index >= 15 is 0 Å². The number of nitrogens with zero attached hydrogens (tertiary/aromatic N) is 12. The molecule has 0 atom stereocenters. The predicted molar refractivity (Wildman–Crippen MR) is 129 cm³/mol. The molecule has 6 heterocycles. The molecule has 0 spiro atoms. The van der Waals surface area contributed by atoms with Gasteiger partial charge in [-0.25, -0.2) is 59.8 Å². The van der Waals surface area contributed by atoms with Gasteiger partial charge >= 0.3 is 19.5 Å². The Morgan fingerprint density at radius 3 is 0.432 bits per heavy atom. The quantitative estimate of drug-likeness (QED) is 0.285. The van der Waals surface area contributed by atoms with Gasteiger partial charge in [-0.2, -0.15) is 0 Å². The summed E-state index contributed by atoms with van der Waals surface area (Å²) in [6, 6.07) is 10.5. The molecule has 0 N–H and O–H groups in total. The van der Waals surface area contributed by atoms with E-state index in [9.17, 15) is 0 Å². The van der Waals surface area contributed by atoms with Crippen LogP contribution in [0.15, 0.2) is 111 Å². The molecule has 0 fully saturated rings. The van der Waals surface area contributed by atoms with E-state index < -0.39 is 0 Å². The Hall–Kier alpha value is -4.90. The Bertz CT molecular complexity index is 1110. The Balaban J connectivity index is 0.000000152. The maximum atomic E-state index is 4.01. The number of aromatic nitrogens is 12. The largest absolute Gasteiger partial charge is 2.00 e. The van der Waals surface area contributed by atoms with Crippen molar-refractivity contribution in [2.75, 3.05) is 0 Å². The van der Waals surface area contributed by atoms with Gasteiger partial charge in [-0.3, -0.25) is 0 Å². The third-order valence-corrected chi connectivity index (χ3v) is 3.99. The molecule has 0 saturated heterocycles. The third kappa shape index (κ3) is 8.68. The van der Waals surface area contributed by atoms with Crippen LogP contribution in [0.4, 0.5) is 0 Å². The van der Waals surface area contributed by atoms with Crippen LogP contribution in [0.25, 0.3) is 34.9 Å². The van der Waals surface area contributed by atoms with Gasteiger partial charge in [0.15, 0.2) is 34.9 Å². The molecule has 12 nitrogen and oxygen atoms in total. The molecule has 0 unspecified atom stereocenters. The van der Waals surface area contributed by atoms with Crippen molar-refractivity contribution < 1.29 is 19.5 Å². The van der Waals surface area contributed by atoms with Crippen LogP contribution in [-0.2, 0) is 19.5 Å². The Morgan fingerprint density at radius 2 is 0.324 bits per heavy atom. The van der Waals surface area contributed by atoms with Gasteiger partial charge in [-0.15, -0.1) is 0 Å². The van der Waals surface area contributed by atoms with Crippen LogP contribution >= 0.6 is 0 Å². The molecule has 6 aromatic rings. The van der Waals surface area contributed by atoms with E-state index in [1.54, 1.807) is 111 Å². The molecule has 0 aliphatic rings. The molecule has 0 aliphatic heterocycles. The SMILES string of the molecule is [Ru+2].c1cnc(-c2ncccn2)nc1.c1cnc(-c2ncccn2)nc1.c1cnc(-c2ncccn2)nc1. The van der Waals surface area contributed by atoms with Crippen molar-refractivity contribution in [3.05, 3.63) is 111 Å². The third-order valence-electron chi connectivity index (χ3n) is 3.99. The number of hydrogen-bond acceptors (Lipinski definition) is 12. The van der Waals surface area contributed by atoms with Gasteiger partial charge in [0, 0.05) is 74.4 Å². The zero-order valence-corrected chi connectivity index (χ0v) is 20.9. The summed E-state index contributed by atoms with van der Waals surface area (Å²) in [6.45, 7) is 0. The molecule has 13 heteroatoms. The van der Waals surface area contributed by atoms with Gasteiger partial charge in [-0.1, -0.05) is 0 Å². The van der Waals surface area contributed by atoms with Crippen LogP contribution in [0.1, 0.15) is 0 Å². The van der Waals surface area contributed by atoms with E-state index in [2.05, 4.69) is 59.8 Å². The molecule has 37 heavy (non-hydrogen) atoms. The minimum absolute atomic E-state index is 0. The number of rotatable bonds is 3. The predicted octanol–water partition coefficient (Wildman–Crippen LogP) is 2.80. The van der Waals surface area contributed by atoms with Crippen molar-refractivity contribution in [3.63, 3.8) is 0 Å². The fourth-order valence-electron chi connectivity index (χ4n) is 2.49. The van der Waals surface area contributed by atoms with Gasteiger partial charge in [-0.05, 0) is 36.4 Å². The second-order valence-electron chi connectivity index (χ2n) is 6.43. The molecule has 0 aromatic carbocycles. The molecule has 6 rings (SSSR count). The second kappa shape index (κ2) is 15.2. The summed E-state index contributed by atoms with van der Waals surface area (Å²) in [5.74, 6) is 3.32. The average Bonchev–Trinajstić information content (AvgIpc) is 3.01. The maximum Gasteiger partial charge on any atom is 2.00 e. The van der Waals surface area contributed by atoms with E-state index in [0.717, 1.165) is 0 Å². The minimum Gasteiger partial charge on any atom is -0.234 e. The molecule has 0 aliphatic carbocycles. The average molecular weight is 576 g/mol. The van der Waals surface area contributed by atoms with E-state index in [1.807, 2.05) is 0 Å². The topological polar surface area (TPSA) is 155 Å². The van der Waals surface area contributed by atoms with Crippen molar-refractivity contribution >= 4 is 0 Å².